The Balaban J connectivity index is 1.33. The largest absolute Gasteiger partial charge is 0.496 e. The second-order valence-electron chi connectivity index (χ2n) is 11.5. The molecule has 2 aliphatic heterocycles. The van der Waals surface area contributed by atoms with Crippen LogP contribution in [0, 0.1) is 5.92 Å². The van der Waals surface area contributed by atoms with Crippen LogP contribution >= 0.6 is 0 Å². The Kier molecular flexibility index (Phi) is 6.69. The van der Waals surface area contributed by atoms with Crippen molar-refractivity contribution < 1.29 is 28.6 Å². The van der Waals surface area contributed by atoms with E-state index < -0.39 is 17.5 Å². The standard InChI is InChI=1S/C34H31N3O6/c1-41-28-16-21(15-25-24(28)7-10-37-30(25)19-3-4-19)31(38)29-32(39)26-14-20(22-13-23(18-36-17-22)33(40)42-2)5-6-27(26)43-34(29)8-11-35-12-9-34/h5-7,10,13-19,29,35H,3-4,8-9,11-12H2,1-2H3/t29-/m1/s1. The van der Waals surface area contributed by atoms with Gasteiger partial charge >= 0.3 is 5.97 Å². The van der Waals surface area contributed by atoms with E-state index in [1.165, 1.54) is 13.3 Å². The maximum atomic E-state index is 14.6. The highest BCUT2D eigenvalue weighted by molar-refractivity contribution is 6.20. The number of methoxy groups -OCH3 is 2. The fraction of sp³-hybridized carbons (Fsp3) is 0.324. The van der Waals surface area contributed by atoms with E-state index in [1.54, 1.807) is 43.8 Å². The van der Waals surface area contributed by atoms with Crippen molar-refractivity contribution in [1.29, 1.82) is 0 Å². The highest BCUT2D eigenvalue weighted by Crippen LogP contribution is 2.46. The fourth-order valence-electron chi connectivity index (χ4n) is 6.52. The molecular weight excluding hydrogens is 546 g/mol. The molecular formula is C34H31N3O6. The molecule has 3 aliphatic rings. The summed E-state index contributed by atoms with van der Waals surface area (Å²) in [5, 5.41) is 5.12. The number of ether oxygens (including phenoxy) is 3. The van der Waals surface area contributed by atoms with E-state index in [2.05, 4.69) is 15.3 Å². The molecule has 7 rings (SSSR count). The van der Waals surface area contributed by atoms with Crippen molar-refractivity contribution in [3.8, 4) is 22.6 Å². The summed E-state index contributed by atoms with van der Waals surface area (Å²) in [5.41, 5.74) is 2.34. The van der Waals surface area contributed by atoms with Gasteiger partial charge in [0.05, 0.1) is 31.0 Å². The fourth-order valence-corrected chi connectivity index (χ4v) is 6.52. The average Bonchev–Trinajstić information content (AvgIpc) is 3.89. The lowest BCUT2D eigenvalue weighted by atomic mass is 9.70. The summed E-state index contributed by atoms with van der Waals surface area (Å²) in [6.07, 6.45) is 7.99. The van der Waals surface area contributed by atoms with Crippen molar-refractivity contribution in [2.45, 2.75) is 37.2 Å². The highest BCUT2D eigenvalue weighted by atomic mass is 16.5. The maximum absolute atomic E-state index is 14.6. The summed E-state index contributed by atoms with van der Waals surface area (Å²) in [4.78, 5) is 49.9. The van der Waals surface area contributed by atoms with Gasteiger partial charge in [-0.15, -0.1) is 0 Å². The molecule has 2 aromatic carbocycles. The quantitative estimate of drug-likeness (QED) is 0.188. The van der Waals surface area contributed by atoms with Gasteiger partial charge < -0.3 is 19.5 Å². The maximum Gasteiger partial charge on any atom is 0.339 e. The first-order chi connectivity index (χ1) is 20.9. The molecule has 1 spiro atoms. The molecule has 218 valence electrons. The van der Waals surface area contributed by atoms with Crippen molar-refractivity contribution >= 4 is 28.3 Å². The number of carbonyl (C=O) groups excluding carboxylic acids is 3. The molecule has 0 bridgehead atoms. The smallest absolute Gasteiger partial charge is 0.339 e. The number of hydrogen-bond acceptors (Lipinski definition) is 9. The molecule has 0 radical (unpaired) electrons. The Morgan fingerprint density at radius 3 is 2.51 bits per heavy atom. The van der Waals surface area contributed by atoms with Gasteiger partial charge in [-0.2, -0.15) is 0 Å². The summed E-state index contributed by atoms with van der Waals surface area (Å²) in [7, 11) is 2.90. The number of benzene rings is 2. The van der Waals surface area contributed by atoms with E-state index in [-0.39, 0.29) is 11.6 Å². The number of piperidine rings is 1. The lowest BCUT2D eigenvalue weighted by molar-refractivity contribution is -0.0138. The number of fused-ring (bicyclic) bond motifs is 2. The zero-order valence-corrected chi connectivity index (χ0v) is 24.0. The van der Waals surface area contributed by atoms with Crippen molar-refractivity contribution in [1.82, 2.24) is 15.3 Å². The zero-order chi connectivity index (χ0) is 29.7. The summed E-state index contributed by atoms with van der Waals surface area (Å²) < 4.78 is 17.2. The third kappa shape index (κ3) is 4.64. The molecule has 4 heterocycles. The van der Waals surface area contributed by atoms with Gasteiger partial charge in [-0.25, -0.2) is 4.79 Å². The Bertz CT molecular complexity index is 1790. The lowest BCUT2D eigenvalue weighted by Crippen LogP contribution is -2.58. The monoisotopic (exact) mass is 577 g/mol. The van der Waals surface area contributed by atoms with Crippen LogP contribution in [0.2, 0.25) is 0 Å². The molecule has 2 fully saturated rings. The number of esters is 1. The van der Waals surface area contributed by atoms with Gasteiger partial charge in [0.1, 0.15) is 23.0 Å². The first kappa shape index (κ1) is 27.2. The highest BCUT2D eigenvalue weighted by Gasteiger charge is 2.54. The Labute approximate surface area is 248 Å². The minimum absolute atomic E-state index is 0.278. The topological polar surface area (TPSA) is 117 Å². The third-order valence-electron chi connectivity index (χ3n) is 8.89. The van der Waals surface area contributed by atoms with E-state index in [9.17, 15) is 14.4 Å². The van der Waals surface area contributed by atoms with Crippen molar-refractivity contribution in [2.75, 3.05) is 27.3 Å². The van der Waals surface area contributed by atoms with Gasteiger partial charge in [0.25, 0.3) is 0 Å². The first-order valence-corrected chi connectivity index (χ1v) is 14.5. The number of Topliss-reactive ketones (excluding diaryl/α,β-unsaturated/α-hetero) is 2. The van der Waals surface area contributed by atoms with E-state index in [1.807, 2.05) is 18.2 Å². The Morgan fingerprint density at radius 2 is 1.77 bits per heavy atom. The number of nitrogens with one attached hydrogen (secondary N) is 1. The predicted molar refractivity (Wildman–Crippen MR) is 159 cm³/mol. The van der Waals surface area contributed by atoms with Crippen LogP contribution in [0.15, 0.2) is 61.1 Å². The van der Waals surface area contributed by atoms with Crippen LogP contribution < -0.4 is 14.8 Å². The molecule has 0 unspecified atom stereocenters. The minimum atomic E-state index is -1.04. The average molecular weight is 578 g/mol. The number of rotatable bonds is 6. The van der Waals surface area contributed by atoms with E-state index in [4.69, 9.17) is 14.2 Å². The molecule has 9 heteroatoms. The van der Waals surface area contributed by atoms with Crippen molar-refractivity contribution in [3.05, 3.63) is 83.4 Å². The van der Waals surface area contributed by atoms with Gasteiger partial charge in [-0.05, 0) is 67.9 Å². The molecule has 0 amide bonds. The number of carbonyl (C=O) groups is 3. The number of nitrogens with zero attached hydrogens (tertiary/aromatic N) is 2. The summed E-state index contributed by atoms with van der Waals surface area (Å²) in [6, 6.07) is 12.5. The molecule has 2 aromatic heterocycles. The van der Waals surface area contributed by atoms with E-state index in [0.717, 1.165) is 29.3 Å². The Hall–Kier alpha value is -4.63. The van der Waals surface area contributed by atoms with Crippen molar-refractivity contribution in [3.63, 3.8) is 0 Å². The SMILES string of the molecule is COC(=O)c1cncc(-c2ccc3c(c2)C(=O)[C@@H](C(=O)c2cc(OC)c4ccnc(C5CC5)c4c2)C2(CCNCC2)O3)c1. The molecule has 1 saturated heterocycles. The zero-order valence-electron chi connectivity index (χ0n) is 24.0. The van der Waals surface area contributed by atoms with Gasteiger partial charge in [0.15, 0.2) is 11.6 Å². The lowest BCUT2D eigenvalue weighted by Gasteiger charge is -2.45. The van der Waals surface area contributed by atoms with Crippen LogP contribution in [-0.4, -0.2) is 60.4 Å². The molecule has 1 N–H and O–H groups in total. The van der Waals surface area contributed by atoms with Gasteiger partial charge in [-0.3, -0.25) is 19.6 Å². The number of ketones is 2. The summed E-state index contributed by atoms with van der Waals surface area (Å²) in [5.74, 6) is -0.715. The van der Waals surface area contributed by atoms with Crippen LogP contribution in [-0.2, 0) is 4.74 Å². The molecule has 1 atom stereocenters. The molecule has 1 aliphatic carbocycles. The molecule has 43 heavy (non-hydrogen) atoms. The van der Waals surface area contributed by atoms with E-state index in [0.29, 0.717) is 71.2 Å². The third-order valence-corrected chi connectivity index (χ3v) is 8.89. The molecule has 1 saturated carbocycles. The molecule has 4 aromatic rings. The van der Waals surface area contributed by atoms with Crippen molar-refractivity contribution in [2.24, 2.45) is 5.92 Å². The predicted octanol–water partition coefficient (Wildman–Crippen LogP) is 5.17. The first-order valence-electron chi connectivity index (χ1n) is 14.5. The van der Waals surface area contributed by atoms with Crippen LogP contribution in [0.3, 0.4) is 0 Å². The van der Waals surface area contributed by atoms with Gasteiger partial charge in [0.2, 0.25) is 0 Å². The van der Waals surface area contributed by atoms with Crippen LogP contribution in [0.5, 0.6) is 11.5 Å². The second kappa shape index (κ2) is 10.6. The number of pyridine rings is 2. The normalized spacial score (nSPS) is 19.0. The van der Waals surface area contributed by atoms with Gasteiger partial charge in [-0.1, -0.05) is 6.07 Å². The van der Waals surface area contributed by atoms with E-state index >= 15 is 0 Å². The molecule has 9 nitrogen and oxygen atoms in total. The summed E-state index contributed by atoms with van der Waals surface area (Å²) >= 11 is 0. The minimum Gasteiger partial charge on any atom is -0.496 e. The van der Waals surface area contributed by atoms with Gasteiger partial charge in [0, 0.05) is 59.2 Å². The second-order valence-corrected chi connectivity index (χ2v) is 11.5. The van der Waals surface area contributed by atoms with Crippen LogP contribution in [0.4, 0.5) is 0 Å². The van der Waals surface area contributed by atoms with Crippen LogP contribution in [0.25, 0.3) is 21.9 Å². The number of aromatic nitrogens is 2. The van der Waals surface area contributed by atoms with Crippen LogP contribution in [0.1, 0.15) is 68.4 Å². The number of hydrogen-bond donors (Lipinski definition) is 1. The Morgan fingerprint density at radius 1 is 0.953 bits per heavy atom. The summed E-state index contributed by atoms with van der Waals surface area (Å²) in [6.45, 7) is 1.26.